The number of benzene rings is 2. The molecule has 2 aromatic carbocycles. The molecule has 158 valence electrons. The summed E-state index contributed by atoms with van der Waals surface area (Å²) >= 11 is 0. The number of ether oxygens (including phenoxy) is 3. The van der Waals surface area contributed by atoms with Gasteiger partial charge in [0.15, 0.2) is 11.5 Å². The van der Waals surface area contributed by atoms with E-state index in [1.54, 1.807) is 42.5 Å². The average molecular weight is 420 g/mol. The Morgan fingerprint density at radius 3 is 2.71 bits per heavy atom. The molecule has 0 spiro atoms. The van der Waals surface area contributed by atoms with Gasteiger partial charge in [0.2, 0.25) is 5.76 Å². The van der Waals surface area contributed by atoms with Crippen LogP contribution in [0.3, 0.4) is 0 Å². The number of esters is 1. The monoisotopic (exact) mass is 420 g/mol. The lowest BCUT2D eigenvalue weighted by Gasteiger charge is -2.13. The molecule has 2 aromatic heterocycles. The number of furan rings is 1. The molecule has 0 amide bonds. The number of H-pyrrole nitrogens is 1. The maximum Gasteiger partial charge on any atom is 0.373 e. The standard InChI is InChI=1S/C23H20N2O6/c1-3-29-20-12-14(21-24-17-7-5-4-6-16(17)22(26)25-21)8-10-18(20)30-13-15-9-11-19(31-15)23(27)28-2/h4-12H,3,13H2,1-2H3,(H,24,25,26). The summed E-state index contributed by atoms with van der Waals surface area (Å²) < 4.78 is 21.6. The molecular formula is C23H20N2O6. The number of nitrogens with one attached hydrogen (secondary N) is 1. The zero-order valence-electron chi connectivity index (χ0n) is 17.0. The van der Waals surface area contributed by atoms with Crippen LogP contribution in [-0.2, 0) is 11.3 Å². The van der Waals surface area contributed by atoms with E-state index in [1.165, 1.54) is 13.2 Å². The molecule has 31 heavy (non-hydrogen) atoms. The highest BCUT2D eigenvalue weighted by Gasteiger charge is 2.14. The van der Waals surface area contributed by atoms with Crippen molar-refractivity contribution < 1.29 is 23.4 Å². The Labute approximate surface area is 177 Å². The number of hydrogen-bond donors (Lipinski definition) is 1. The van der Waals surface area contributed by atoms with Crippen LogP contribution < -0.4 is 15.0 Å². The molecular weight excluding hydrogens is 400 g/mol. The van der Waals surface area contributed by atoms with Crippen molar-refractivity contribution >= 4 is 16.9 Å². The summed E-state index contributed by atoms with van der Waals surface area (Å²) in [5.41, 5.74) is 1.08. The molecule has 0 saturated heterocycles. The molecule has 8 nitrogen and oxygen atoms in total. The minimum Gasteiger partial charge on any atom is -0.490 e. The molecule has 4 rings (SSSR count). The quantitative estimate of drug-likeness (QED) is 0.452. The number of aromatic amines is 1. The van der Waals surface area contributed by atoms with Crippen LogP contribution in [0, 0.1) is 0 Å². The van der Waals surface area contributed by atoms with Crippen LogP contribution in [0.1, 0.15) is 23.2 Å². The van der Waals surface area contributed by atoms with Crippen molar-refractivity contribution in [3.05, 3.63) is 76.5 Å². The van der Waals surface area contributed by atoms with Crippen molar-refractivity contribution in [2.45, 2.75) is 13.5 Å². The van der Waals surface area contributed by atoms with Crippen molar-refractivity contribution in [2.75, 3.05) is 13.7 Å². The summed E-state index contributed by atoms with van der Waals surface area (Å²) in [6, 6.07) is 15.6. The maximum atomic E-state index is 12.4. The molecule has 0 aliphatic carbocycles. The van der Waals surface area contributed by atoms with Gasteiger partial charge in [0.05, 0.1) is 24.6 Å². The molecule has 4 aromatic rings. The van der Waals surface area contributed by atoms with Crippen molar-refractivity contribution in [3.8, 4) is 22.9 Å². The first-order valence-electron chi connectivity index (χ1n) is 9.65. The minimum atomic E-state index is -0.553. The second-order valence-corrected chi connectivity index (χ2v) is 6.57. The third-order valence-corrected chi connectivity index (χ3v) is 4.55. The molecule has 0 atom stereocenters. The van der Waals surface area contributed by atoms with Gasteiger partial charge in [-0.3, -0.25) is 4.79 Å². The van der Waals surface area contributed by atoms with Gasteiger partial charge in [0, 0.05) is 5.56 Å². The van der Waals surface area contributed by atoms with Gasteiger partial charge < -0.3 is 23.6 Å². The summed E-state index contributed by atoms with van der Waals surface area (Å²) in [6.07, 6.45) is 0. The fourth-order valence-electron chi connectivity index (χ4n) is 3.08. The van der Waals surface area contributed by atoms with Gasteiger partial charge in [-0.15, -0.1) is 0 Å². The van der Waals surface area contributed by atoms with Crippen LogP contribution in [0.2, 0.25) is 0 Å². The molecule has 0 unspecified atom stereocenters. The van der Waals surface area contributed by atoms with Crippen molar-refractivity contribution in [1.82, 2.24) is 9.97 Å². The van der Waals surface area contributed by atoms with E-state index in [2.05, 4.69) is 14.7 Å². The topological polar surface area (TPSA) is 104 Å². The van der Waals surface area contributed by atoms with Crippen LogP contribution in [0.25, 0.3) is 22.3 Å². The van der Waals surface area contributed by atoms with E-state index in [4.69, 9.17) is 13.9 Å². The van der Waals surface area contributed by atoms with E-state index in [0.717, 1.165) is 0 Å². The fraction of sp³-hybridized carbons (Fsp3) is 0.174. The van der Waals surface area contributed by atoms with Crippen LogP contribution >= 0.6 is 0 Å². The SMILES string of the molecule is CCOc1cc(-c2nc3ccccc3c(=O)[nH]2)ccc1OCc1ccc(C(=O)OC)o1. The number of methoxy groups -OCH3 is 1. The smallest absolute Gasteiger partial charge is 0.373 e. The van der Waals surface area contributed by atoms with E-state index < -0.39 is 5.97 Å². The second-order valence-electron chi connectivity index (χ2n) is 6.57. The molecule has 0 aliphatic heterocycles. The largest absolute Gasteiger partial charge is 0.490 e. The lowest BCUT2D eigenvalue weighted by molar-refractivity contribution is 0.0561. The summed E-state index contributed by atoms with van der Waals surface area (Å²) in [4.78, 5) is 31.3. The van der Waals surface area contributed by atoms with Crippen molar-refractivity contribution in [2.24, 2.45) is 0 Å². The lowest BCUT2D eigenvalue weighted by atomic mass is 10.1. The first-order valence-corrected chi connectivity index (χ1v) is 9.65. The predicted molar refractivity (Wildman–Crippen MR) is 113 cm³/mol. The van der Waals surface area contributed by atoms with E-state index in [0.29, 0.717) is 46.2 Å². The normalized spacial score (nSPS) is 10.8. The molecule has 0 bridgehead atoms. The number of nitrogens with zero attached hydrogens (tertiary/aromatic N) is 1. The summed E-state index contributed by atoms with van der Waals surface area (Å²) in [6.45, 7) is 2.39. The fourth-order valence-corrected chi connectivity index (χ4v) is 3.08. The highest BCUT2D eigenvalue weighted by Crippen LogP contribution is 2.32. The van der Waals surface area contributed by atoms with Crippen molar-refractivity contribution in [1.29, 1.82) is 0 Å². The number of hydrogen-bond acceptors (Lipinski definition) is 7. The number of fused-ring (bicyclic) bond motifs is 1. The Bertz CT molecular complexity index is 1290. The van der Waals surface area contributed by atoms with Gasteiger partial charge >= 0.3 is 5.97 Å². The van der Waals surface area contributed by atoms with Gasteiger partial charge in [-0.05, 0) is 49.4 Å². The van der Waals surface area contributed by atoms with Crippen LogP contribution in [0.5, 0.6) is 11.5 Å². The molecule has 1 N–H and O–H groups in total. The number of carbonyl (C=O) groups excluding carboxylic acids is 1. The molecule has 0 saturated carbocycles. The number of carbonyl (C=O) groups is 1. The molecule has 0 fully saturated rings. The number of aromatic nitrogens is 2. The van der Waals surface area contributed by atoms with Gasteiger partial charge in [-0.2, -0.15) is 0 Å². The molecule has 2 heterocycles. The Hall–Kier alpha value is -4.07. The van der Waals surface area contributed by atoms with Gasteiger partial charge in [0.1, 0.15) is 18.2 Å². The zero-order valence-corrected chi connectivity index (χ0v) is 17.0. The van der Waals surface area contributed by atoms with E-state index in [1.807, 2.05) is 13.0 Å². The van der Waals surface area contributed by atoms with E-state index in [9.17, 15) is 9.59 Å². The Morgan fingerprint density at radius 1 is 1.06 bits per heavy atom. The first kappa shape index (κ1) is 20.2. The number of para-hydroxylation sites is 1. The van der Waals surface area contributed by atoms with Crippen molar-refractivity contribution in [3.63, 3.8) is 0 Å². The lowest BCUT2D eigenvalue weighted by Crippen LogP contribution is -2.09. The Balaban J connectivity index is 1.60. The summed E-state index contributed by atoms with van der Waals surface area (Å²) in [5.74, 6) is 1.44. The predicted octanol–water partition coefficient (Wildman–Crippen LogP) is 3.95. The Kier molecular flexibility index (Phi) is 5.70. The first-order chi connectivity index (χ1) is 15.1. The third kappa shape index (κ3) is 4.28. The van der Waals surface area contributed by atoms with Gasteiger partial charge in [-0.1, -0.05) is 12.1 Å². The van der Waals surface area contributed by atoms with Crippen LogP contribution in [0.4, 0.5) is 0 Å². The second kappa shape index (κ2) is 8.74. The highest BCUT2D eigenvalue weighted by atomic mass is 16.5. The Morgan fingerprint density at radius 2 is 1.90 bits per heavy atom. The van der Waals surface area contributed by atoms with E-state index in [-0.39, 0.29) is 17.9 Å². The van der Waals surface area contributed by atoms with Crippen LogP contribution in [0.15, 0.2) is 63.8 Å². The van der Waals surface area contributed by atoms with Crippen LogP contribution in [-0.4, -0.2) is 29.7 Å². The van der Waals surface area contributed by atoms with E-state index >= 15 is 0 Å². The minimum absolute atomic E-state index is 0.0987. The third-order valence-electron chi connectivity index (χ3n) is 4.55. The molecule has 8 heteroatoms. The van der Waals surface area contributed by atoms with Gasteiger partial charge in [-0.25, -0.2) is 9.78 Å². The summed E-state index contributed by atoms with van der Waals surface area (Å²) in [5, 5.41) is 0.529. The average Bonchev–Trinajstić information content (AvgIpc) is 3.27. The zero-order chi connectivity index (χ0) is 21.8. The van der Waals surface area contributed by atoms with Gasteiger partial charge in [0.25, 0.3) is 5.56 Å². The maximum absolute atomic E-state index is 12.4. The summed E-state index contributed by atoms with van der Waals surface area (Å²) in [7, 11) is 1.29. The molecule has 0 aliphatic rings. The highest BCUT2D eigenvalue weighted by molar-refractivity contribution is 5.86. The number of rotatable bonds is 7. The molecule has 0 radical (unpaired) electrons.